The van der Waals surface area contributed by atoms with Crippen LogP contribution in [0.1, 0.15) is 10.4 Å². The van der Waals surface area contributed by atoms with Crippen LogP contribution in [0.5, 0.6) is 23.0 Å². The maximum atomic E-state index is 11.1. The van der Waals surface area contributed by atoms with E-state index >= 15 is 0 Å². The lowest BCUT2D eigenvalue weighted by atomic mass is 10.1. The predicted molar refractivity (Wildman–Crippen MR) is 77.4 cm³/mol. The van der Waals surface area contributed by atoms with Crippen LogP contribution in [0.15, 0.2) is 36.4 Å². The second kappa shape index (κ2) is 6.04. The highest BCUT2D eigenvalue weighted by Crippen LogP contribution is 2.41. The minimum atomic E-state index is -1.12. The summed E-state index contributed by atoms with van der Waals surface area (Å²) in [4.78, 5) is 11.1. The fourth-order valence-corrected chi connectivity index (χ4v) is 1.85. The van der Waals surface area contributed by atoms with Crippen molar-refractivity contribution in [1.82, 2.24) is 0 Å². The first-order valence-electron chi connectivity index (χ1n) is 6.09. The van der Waals surface area contributed by atoms with Crippen LogP contribution in [-0.2, 0) is 0 Å². The number of hydrogen-bond acceptors (Lipinski definition) is 5. The van der Waals surface area contributed by atoms with E-state index in [4.69, 9.17) is 25.1 Å². The molecule has 2 aromatic carbocycles. The van der Waals surface area contributed by atoms with Crippen LogP contribution in [0, 0.1) is 0 Å². The maximum absolute atomic E-state index is 11.1. The van der Waals surface area contributed by atoms with E-state index in [1.165, 1.54) is 20.3 Å². The van der Waals surface area contributed by atoms with Gasteiger partial charge in [0.05, 0.1) is 25.5 Å². The van der Waals surface area contributed by atoms with Crippen LogP contribution in [-0.4, -0.2) is 25.3 Å². The summed E-state index contributed by atoms with van der Waals surface area (Å²) in [5.74, 6) is 0.336. The average molecular weight is 289 g/mol. The molecule has 0 saturated carbocycles. The highest BCUT2D eigenvalue weighted by atomic mass is 16.5. The molecule has 0 spiro atoms. The lowest BCUT2D eigenvalue weighted by Gasteiger charge is -2.15. The van der Waals surface area contributed by atoms with Crippen molar-refractivity contribution in [2.75, 3.05) is 20.0 Å². The van der Waals surface area contributed by atoms with Crippen molar-refractivity contribution in [2.24, 2.45) is 0 Å². The van der Waals surface area contributed by atoms with Gasteiger partial charge in [-0.2, -0.15) is 0 Å². The molecule has 6 nitrogen and oxygen atoms in total. The smallest absolute Gasteiger partial charge is 0.337 e. The predicted octanol–water partition coefficient (Wildman–Crippen LogP) is 2.78. The Kier molecular flexibility index (Phi) is 4.18. The SMILES string of the molecule is COc1cccc(OC)c1Oc1cccc(C(=O)O)c1N. The molecule has 0 aliphatic rings. The van der Waals surface area contributed by atoms with Gasteiger partial charge in [0.25, 0.3) is 0 Å². The minimum Gasteiger partial charge on any atom is -0.493 e. The Balaban J connectivity index is 2.48. The van der Waals surface area contributed by atoms with Gasteiger partial charge in [0.1, 0.15) is 0 Å². The van der Waals surface area contributed by atoms with Crippen LogP contribution in [0.3, 0.4) is 0 Å². The summed E-state index contributed by atoms with van der Waals surface area (Å²) in [6.45, 7) is 0. The first kappa shape index (κ1) is 14.5. The van der Waals surface area contributed by atoms with E-state index in [0.29, 0.717) is 17.2 Å². The molecule has 0 atom stereocenters. The molecule has 2 rings (SSSR count). The van der Waals surface area contributed by atoms with Gasteiger partial charge in [-0.3, -0.25) is 0 Å². The van der Waals surface area contributed by atoms with Crippen molar-refractivity contribution in [3.63, 3.8) is 0 Å². The summed E-state index contributed by atoms with van der Waals surface area (Å²) in [5.41, 5.74) is 5.84. The highest BCUT2D eigenvalue weighted by Gasteiger charge is 2.17. The van der Waals surface area contributed by atoms with E-state index in [9.17, 15) is 4.79 Å². The zero-order chi connectivity index (χ0) is 15.4. The quantitative estimate of drug-likeness (QED) is 0.822. The molecule has 0 aromatic heterocycles. The molecule has 0 saturated heterocycles. The molecule has 21 heavy (non-hydrogen) atoms. The summed E-state index contributed by atoms with van der Waals surface area (Å²) in [6, 6.07) is 9.69. The van der Waals surface area contributed by atoms with Crippen LogP contribution < -0.4 is 19.9 Å². The Morgan fingerprint density at radius 1 is 1.00 bits per heavy atom. The molecule has 0 bridgehead atoms. The summed E-state index contributed by atoms with van der Waals surface area (Å²) in [6.07, 6.45) is 0. The molecule has 0 amide bonds. The van der Waals surface area contributed by atoms with Gasteiger partial charge < -0.3 is 25.1 Å². The molecule has 0 radical (unpaired) electrons. The fraction of sp³-hybridized carbons (Fsp3) is 0.133. The number of ether oxygens (including phenoxy) is 3. The van der Waals surface area contributed by atoms with E-state index < -0.39 is 5.97 Å². The van der Waals surface area contributed by atoms with Gasteiger partial charge in [0.15, 0.2) is 17.2 Å². The number of anilines is 1. The Labute approximate surface area is 121 Å². The third-order valence-corrected chi connectivity index (χ3v) is 2.89. The first-order valence-corrected chi connectivity index (χ1v) is 6.09. The zero-order valence-electron chi connectivity index (χ0n) is 11.6. The molecule has 6 heteroatoms. The van der Waals surface area contributed by atoms with Crippen molar-refractivity contribution in [3.8, 4) is 23.0 Å². The van der Waals surface area contributed by atoms with Crippen molar-refractivity contribution in [3.05, 3.63) is 42.0 Å². The van der Waals surface area contributed by atoms with E-state index in [-0.39, 0.29) is 17.0 Å². The number of benzene rings is 2. The van der Waals surface area contributed by atoms with Crippen molar-refractivity contribution >= 4 is 11.7 Å². The van der Waals surface area contributed by atoms with Crippen LogP contribution >= 0.6 is 0 Å². The van der Waals surface area contributed by atoms with Gasteiger partial charge in [-0.25, -0.2) is 4.79 Å². The maximum Gasteiger partial charge on any atom is 0.337 e. The summed E-state index contributed by atoms with van der Waals surface area (Å²) >= 11 is 0. The monoisotopic (exact) mass is 289 g/mol. The minimum absolute atomic E-state index is 0.0265. The van der Waals surface area contributed by atoms with E-state index in [1.54, 1.807) is 30.3 Å². The highest BCUT2D eigenvalue weighted by molar-refractivity contribution is 5.95. The number of carboxylic acid groups (broad SMARTS) is 1. The van der Waals surface area contributed by atoms with Crippen LogP contribution in [0.4, 0.5) is 5.69 Å². The van der Waals surface area contributed by atoms with E-state index in [2.05, 4.69) is 0 Å². The average Bonchev–Trinajstić information content (AvgIpc) is 2.49. The van der Waals surface area contributed by atoms with Gasteiger partial charge in [-0.15, -0.1) is 0 Å². The first-order chi connectivity index (χ1) is 10.1. The molecule has 0 unspecified atom stereocenters. The normalized spacial score (nSPS) is 10.0. The van der Waals surface area contributed by atoms with Crippen LogP contribution in [0.25, 0.3) is 0 Å². The molecular weight excluding hydrogens is 274 g/mol. The summed E-state index contributed by atoms with van der Waals surface area (Å²) in [5, 5.41) is 9.07. The summed E-state index contributed by atoms with van der Waals surface area (Å²) in [7, 11) is 3.00. The molecule has 2 aromatic rings. The number of aromatic carboxylic acids is 1. The van der Waals surface area contributed by atoms with Gasteiger partial charge in [-0.05, 0) is 24.3 Å². The number of nitrogens with two attached hydrogens (primary N) is 1. The number of carboxylic acids is 1. The number of methoxy groups -OCH3 is 2. The molecular formula is C15H15NO5. The van der Waals surface area contributed by atoms with Gasteiger partial charge in [0, 0.05) is 0 Å². The molecule has 0 aliphatic carbocycles. The lowest BCUT2D eigenvalue weighted by molar-refractivity contribution is 0.0697. The second-order valence-corrected chi connectivity index (χ2v) is 4.12. The molecule has 0 heterocycles. The number of nitrogen functional groups attached to an aromatic ring is 1. The molecule has 0 aliphatic heterocycles. The lowest BCUT2D eigenvalue weighted by Crippen LogP contribution is -2.04. The van der Waals surface area contributed by atoms with Crippen molar-refractivity contribution in [2.45, 2.75) is 0 Å². The number of hydrogen-bond donors (Lipinski definition) is 2. The van der Waals surface area contributed by atoms with Gasteiger partial charge in [0.2, 0.25) is 5.75 Å². The standard InChI is InChI=1S/C15H15NO5/c1-19-11-7-4-8-12(20-2)14(11)21-10-6-3-5-9(13(10)16)15(17)18/h3-8H,16H2,1-2H3,(H,17,18). The largest absolute Gasteiger partial charge is 0.493 e. The van der Waals surface area contributed by atoms with Gasteiger partial charge in [-0.1, -0.05) is 12.1 Å². The Morgan fingerprint density at radius 2 is 1.52 bits per heavy atom. The van der Waals surface area contributed by atoms with Gasteiger partial charge >= 0.3 is 5.97 Å². The molecule has 0 fully saturated rings. The third-order valence-electron chi connectivity index (χ3n) is 2.89. The summed E-state index contributed by atoms with van der Waals surface area (Å²) < 4.78 is 16.1. The van der Waals surface area contributed by atoms with Crippen molar-refractivity contribution < 1.29 is 24.1 Å². The van der Waals surface area contributed by atoms with E-state index in [0.717, 1.165) is 0 Å². The topological polar surface area (TPSA) is 91.0 Å². The molecule has 3 N–H and O–H groups in total. The second-order valence-electron chi connectivity index (χ2n) is 4.12. The van der Waals surface area contributed by atoms with E-state index in [1.807, 2.05) is 0 Å². The Morgan fingerprint density at radius 3 is 2.05 bits per heavy atom. The number of carbonyl (C=O) groups is 1. The van der Waals surface area contributed by atoms with Crippen molar-refractivity contribution in [1.29, 1.82) is 0 Å². The zero-order valence-corrected chi connectivity index (χ0v) is 11.6. The fourth-order valence-electron chi connectivity index (χ4n) is 1.85. The Hall–Kier alpha value is -2.89. The number of rotatable bonds is 5. The third kappa shape index (κ3) is 2.84. The number of para-hydroxylation sites is 2. The molecule has 110 valence electrons. The Bertz CT molecular complexity index is 647. The van der Waals surface area contributed by atoms with Crippen LogP contribution in [0.2, 0.25) is 0 Å².